The number of aliphatic carboxylic acids is 1. The Labute approximate surface area is 193 Å². The summed E-state index contributed by atoms with van der Waals surface area (Å²) in [5.41, 5.74) is 0.691. The third kappa shape index (κ3) is 6.53. The molecule has 4 unspecified atom stereocenters. The molecule has 11 nitrogen and oxygen atoms in total. The number of carbonyl (C=O) groups is 4. The van der Waals surface area contributed by atoms with Gasteiger partial charge in [-0.25, -0.2) is 9.78 Å². The lowest BCUT2D eigenvalue weighted by Crippen LogP contribution is -2.57. The molecule has 4 atom stereocenters. The molecule has 0 aliphatic carbocycles. The number of rotatable bonds is 10. The van der Waals surface area contributed by atoms with Gasteiger partial charge in [-0.3, -0.25) is 14.4 Å². The molecule has 2 aliphatic rings. The van der Waals surface area contributed by atoms with Crippen molar-refractivity contribution in [3.8, 4) is 0 Å². The van der Waals surface area contributed by atoms with E-state index in [0.29, 0.717) is 37.9 Å². The van der Waals surface area contributed by atoms with Crippen LogP contribution in [0.15, 0.2) is 12.5 Å². The van der Waals surface area contributed by atoms with Crippen LogP contribution in [0.2, 0.25) is 0 Å². The molecule has 33 heavy (non-hydrogen) atoms. The summed E-state index contributed by atoms with van der Waals surface area (Å²) in [5.74, 6) is -2.08. The Balaban J connectivity index is 1.72. The average Bonchev–Trinajstić information content (AvgIpc) is 3.54. The van der Waals surface area contributed by atoms with Gasteiger partial charge < -0.3 is 30.9 Å². The third-order valence-electron chi connectivity index (χ3n) is 6.13. The van der Waals surface area contributed by atoms with Crippen LogP contribution in [0.25, 0.3) is 0 Å². The van der Waals surface area contributed by atoms with Crippen LogP contribution in [0.1, 0.15) is 51.6 Å². The zero-order valence-electron chi connectivity index (χ0n) is 19.2. The van der Waals surface area contributed by atoms with E-state index in [4.69, 9.17) is 0 Å². The number of likely N-dealkylation sites (tertiary alicyclic amines) is 1. The summed E-state index contributed by atoms with van der Waals surface area (Å²) < 4.78 is 0. The van der Waals surface area contributed by atoms with E-state index in [9.17, 15) is 24.3 Å². The molecule has 1 aromatic heterocycles. The molecule has 0 spiro atoms. The first-order chi connectivity index (χ1) is 15.8. The Morgan fingerprint density at radius 3 is 2.52 bits per heavy atom. The predicted molar refractivity (Wildman–Crippen MR) is 119 cm³/mol. The minimum absolute atomic E-state index is 0.0888. The Hall–Kier alpha value is -2.95. The van der Waals surface area contributed by atoms with E-state index in [1.807, 2.05) is 13.8 Å². The van der Waals surface area contributed by atoms with Crippen LogP contribution < -0.4 is 16.0 Å². The van der Waals surface area contributed by atoms with E-state index in [1.165, 1.54) is 11.2 Å². The normalized spacial score (nSPS) is 22.2. The summed E-state index contributed by atoms with van der Waals surface area (Å²) in [4.78, 5) is 59.1. The topological polar surface area (TPSA) is 157 Å². The number of hydrogen-bond acceptors (Lipinski definition) is 6. The Morgan fingerprint density at radius 1 is 1.15 bits per heavy atom. The zero-order chi connectivity index (χ0) is 24.0. The minimum Gasteiger partial charge on any atom is -0.480 e. The number of nitrogens with one attached hydrogen (secondary N) is 4. The number of hydrogen-bond donors (Lipinski definition) is 5. The van der Waals surface area contributed by atoms with Crippen molar-refractivity contribution in [1.29, 1.82) is 0 Å². The minimum atomic E-state index is -1.10. The summed E-state index contributed by atoms with van der Waals surface area (Å²) in [7, 11) is 0. The Bertz CT molecular complexity index is 836. The van der Waals surface area contributed by atoms with Crippen molar-refractivity contribution in [2.45, 2.75) is 76.5 Å². The lowest BCUT2D eigenvalue weighted by atomic mass is 10.0. The fourth-order valence-electron chi connectivity index (χ4n) is 4.46. The molecule has 3 amide bonds. The number of carboxylic acids is 1. The van der Waals surface area contributed by atoms with Gasteiger partial charge in [-0.05, 0) is 44.6 Å². The molecule has 3 heterocycles. The fraction of sp³-hybridized carbons (Fsp3) is 0.682. The van der Waals surface area contributed by atoms with Crippen LogP contribution in [0.4, 0.5) is 0 Å². The van der Waals surface area contributed by atoms with Crippen LogP contribution in [0, 0.1) is 5.92 Å². The van der Waals surface area contributed by atoms with E-state index in [-0.39, 0.29) is 30.2 Å². The van der Waals surface area contributed by atoms with Crippen molar-refractivity contribution in [3.05, 3.63) is 18.2 Å². The van der Waals surface area contributed by atoms with E-state index in [0.717, 1.165) is 13.0 Å². The molecule has 0 bridgehead atoms. The number of amides is 3. The summed E-state index contributed by atoms with van der Waals surface area (Å²) in [6.45, 7) is 4.90. The van der Waals surface area contributed by atoms with Gasteiger partial charge in [-0.15, -0.1) is 0 Å². The largest absolute Gasteiger partial charge is 0.480 e. The zero-order valence-corrected chi connectivity index (χ0v) is 19.2. The van der Waals surface area contributed by atoms with Gasteiger partial charge in [0.25, 0.3) is 0 Å². The van der Waals surface area contributed by atoms with Crippen molar-refractivity contribution >= 4 is 23.7 Å². The van der Waals surface area contributed by atoms with Crippen LogP contribution in [0.5, 0.6) is 0 Å². The van der Waals surface area contributed by atoms with Gasteiger partial charge in [0.05, 0.1) is 12.4 Å². The maximum Gasteiger partial charge on any atom is 0.326 e. The number of H-pyrrole nitrogens is 1. The molecule has 5 N–H and O–H groups in total. The number of nitrogens with zero attached hydrogens (tertiary/aromatic N) is 2. The first-order valence-corrected chi connectivity index (χ1v) is 11.6. The molecule has 0 aromatic carbocycles. The van der Waals surface area contributed by atoms with Gasteiger partial charge in [0.15, 0.2) is 0 Å². The second-order valence-corrected chi connectivity index (χ2v) is 9.21. The molecule has 2 saturated heterocycles. The molecule has 2 aliphatic heterocycles. The van der Waals surface area contributed by atoms with Gasteiger partial charge in [0.2, 0.25) is 17.7 Å². The fourth-order valence-corrected chi connectivity index (χ4v) is 4.46. The van der Waals surface area contributed by atoms with Crippen molar-refractivity contribution in [2.24, 2.45) is 5.92 Å². The smallest absolute Gasteiger partial charge is 0.326 e. The molecule has 11 heteroatoms. The van der Waals surface area contributed by atoms with Gasteiger partial charge >= 0.3 is 5.97 Å². The van der Waals surface area contributed by atoms with E-state index >= 15 is 0 Å². The quantitative estimate of drug-likeness (QED) is 0.322. The second-order valence-electron chi connectivity index (χ2n) is 9.21. The lowest BCUT2D eigenvalue weighted by Gasteiger charge is -2.30. The highest BCUT2D eigenvalue weighted by molar-refractivity contribution is 5.94. The molecular formula is C22H34N6O5. The molecule has 3 rings (SSSR count). The van der Waals surface area contributed by atoms with Crippen molar-refractivity contribution in [2.75, 3.05) is 13.1 Å². The molecule has 182 valence electrons. The van der Waals surface area contributed by atoms with Gasteiger partial charge in [-0.1, -0.05) is 13.8 Å². The SMILES string of the molecule is CC(C)CC(NC(=O)C1CCCN1C(=O)C(Cc1cnc[nH]1)NC(=O)C1CCCN1)C(=O)O. The molecule has 2 fully saturated rings. The molecule has 1 aromatic rings. The Kier molecular flexibility index (Phi) is 8.43. The number of aromatic amines is 1. The van der Waals surface area contributed by atoms with Crippen LogP contribution in [-0.2, 0) is 25.6 Å². The maximum absolute atomic E-state index is 13.5. The number of imidazole rings is 1. The van der Waals surface area contributed by atoms with Crippen molar-refractivity contribution in [1.82, 2.24) is 30.8 Å². The molecule has 0 saturated carbocycles. The highest BCUT2D eigenvalue weighted by atomic mass is 16.4. The lowest BCUT2D eigenvalue weighted by molar-refractivity contribution is -0.145. The highest BCUT2D eigenvalue weighted by Gasteiger charge is 2.39. The Morgan fingerprint density at radius 2 is 1.91 bits per heavy atom. The molecular weight excluding hydrogens is 428 g/mol. The van der Waals surface area contributed by atoms with E-state index in [2.05, 4.69) is 25.9 Å². The van der Waals surface area contributed by atoms with Gasteiger partial charge in [0, 0.05) is 24.9 Å². The first kappa shape index (κ1) is 24.7. The molecule has 0 radical (unpaired) electrons. The van der Waals surface area contributed by atoms with Crippen molar-refractivity contribution < 1.29 is 24.3 Å². The predicted octanol–water partition coefficient (Wildman–Crippen LogP) is -0.204. The van der Waals surface area contributed by atoms with Crippen LogP contribution in [0.3, 0.4) is 0 Å². The summed E-state index contributed by atoms with van der Waals surface area (Å²) in [6.07, 6.45) is 6.29. The third-order valence-corrected chi connectivity index (χ3v) is 6.13. The highest BCUT2D eigenvalue weighted by Crippen LogP contribution is 2.20. The number of carbonyl (C=O) groups excluding carboxylic acids is 3. The van der Waals surface area contributed by atoms with Crippen molar-refractivity contribution in [3.63, 3.8) is 0 Å². The van der Waals surface area contributed by atoms with Gasteiger partial charge in [-0.2, -0.15) is 0 Å². The second kappa shape index (κ2) is 11.3. The van der Waals surface area contributed by atoms with Crippen LogP contribution >= 0.6 is 0 Å². The monoisotopic (exact) mass is 462 g/mol. The summed E-state index contributed by atoms with van der Waals surface area (Å²) >= 11 is 0. The summed E-state index contributed by atoms with van der Waals surface area (Å²) in [6, 6.07) is -2.98. The van der Waals surface area contributed by atoms with E-state index < -0.39 is 30.0 Å². The first-order valence-electron chi connectivity index (χ1n) is 11.6. The maximum atomic E-state index is 13.5. The number of aromatic nitrogens is 2. The van der Waals surface area contributed by atoms with Gasteiger partial charge in [0.1, 0.15) is 18.1 Å². The standard InChI is InChI=1S/C22H34N6O5/c1-13(2)9-17(22(32)33)27-20(30)18-6-4-8-28(18)21(31)16(10-14-11-23-12-25-14)26-19(29)15-5-3-7-24-15/h11-13,15-18,24H,3-10H2,1-2H3,(H,23,25)(H,26,29)(H,27,30)(H,32,33). The summed E-state index contributed by atoms with van der Waals surface area (Å²) in [5, 5.41) is 18.0. The number of carboxylic acid groups (broad SMARTS) is 1. The van der Waals surface area contributed by atoms with Crippen LogP contribution in [-0.4, -0.2) is 80.9 Å². The van der Waals surface area contributed by atoms with E-state index in [1.54, 1.807) is 6.20 Å². The average molecular weight is 463 g/mol.